The fourth-order valence-electron chi connectivity index (χ4n) is 3.74. The van der Waals surface area contributed by atoms with Gasteiger partial charge in [0.1, 0.15) is 5.75 Å². The average Bonchev–Trinajstić information content (AvgIpc) is 2.94. The van der Waals surface area contributed by atoms with Crippen molar-refractivity contribution in [3.8, 4) is 5.75 Å². The Kier molecular flexibility index (Phi) is 6.95. The molecule has 3 aromatic rings. The first kappa shape index (κ1) is 21.7. The van der Waals surface area contributed by atoms with Crippen LogP contribution in [0.3, 0.4) is 0 Å². The van der Waals surface area contributed by atoms with E-state index >= 15 is 0 Å². The van der Waals surface area contributed by atoms with Gasteiger partial charge in [-0.05, 0) is 51.0 Å². The van der Waals surface area contributed by atoms with Crippen molar-refractivity contribution < 1.29 is 14.6 Å². The van der Waals surface area contributed by atoms with Crippen molar-refractivity contribution in [2.75, 3.05) is 0 Å². The van der Waals surface area contributed by atoms with Gasteiger partial charge in [0.2, 0.25) is 0 Å². The summed E-state index contributed by atoms with van der Waals surface area (Å²) in [4.78, 5) is 12.0. The van der Waals surface area contributed by atoms with Crippen LogP contribution in [0.15, 0.2) is 54.6 Å². The van der Waals surface area contributed by atoms with Gasteiger partial charge in [0, 0.05) is 36.6 Å². The number of ether oxygens (including phenoxy) is 1. The Morgan fingerprint density at radius 3 is 2.23 bits per heavy atom. The molecule has 0 aliphatic carbocycles. The van der Waals surface area contributed by atoms with E-state index in [-0.39, 0.29) is 6.10 Å². The van der Waals surface area contributed by atoms with Gasteiger partial charge in [-0.1, -0.05) is 42.5 Å². The first-order valence-electron chi connectivity index (χ1n) is 10.3. The van der Waals surface area contributed by atoms with Crippen LogP contribution >= 0.6 is 0 Å². The smallest absolute Gasteiger partial charge is 0.337 e. The van der Waals surface area contributed by atoms with Gasteiger partial charge in [0.25, 0.3) is 0 Å². The number of aromatic nitrogens is 1. The number of rotatable bonds is 9. The molecule has 1 aromatic heterocycles. The van der Waals surface area contributed by atoms with Gasteiger partial charge in [-0.2, -0.15) is 0 Å². The Morgan fingerprint density at radius 1 is 0.967 bits per heavy atom. The van der Waals surface area contributed by atoms with Gasteiger partial charge in [0.05, 0.1) is 11.7 Å². The third kappa shape index (κ3) is 5.10. The lowest BCUT2D eigenvalue weighted by molar-refractivity contribution is 0.0694. The van der Waals surface area contributed by atoms with Crippen LogP contribution in [0.1, 0.15) is 52.3 Å². The Morgan fingerprint density at radius 2 is 1.63 bits per heavy atom. The quantitative estimate of drug-likeness (QED) is 0.529. The van der Waals surface area contributed by atoms with Crippen LogP contribution in [0.5, 0.6) is 5.75 Å². The third-order valence-electron chi connectivity index (χ3n) is 5.23. The molecule has 0 saturated carbocycles. The fourth-order valence-corrected chi connectivity index (χ4v) is 3.74. The molecule has 2 aromatic carbocycles. The Bertz CT molecular complexity index is 989. The number of carboxylic acids is 1. The van der Waals surface area contributed by atoms with E-state index in [1.54, 1.807) is 0 Å². The van der Waals surface area contributed by atoms with E-state index in [9.17, 15) is 9.90 Å². The zero-order valence-electron chi connectivity index (χ0n) is 18.1. The van der Waals surface area contributed by atoms with Gasteiger partial charge in [-0.15, -0.1) is 0 Å². The van der Waals surface area contributed by atoms with Crippen molar-refractivity contribution >= 4 is 5.97 Å². The molecule has 1 heterocycles. The summed E-state index contributed by atoms with van der Waals surface area (Å²) in [5, 5.41) is 13.2. The second-order valence-corrected chi connectivity index (χ2v) is 7.82. The Balaban J connectivity index is 1.73. The SMILES string of the molecule is Cc1c(CNCc2ccc(OC(C)C)cc2)c(C(=O)O)c(C)n1Cc1ccccc1. The largest absolute Gasteiger partial charge is 0.491 e. The number of hydrogen-bond donors (Lipinski definition) is 2. The fraction of sp³-hybridized carbons (Fsp3) is 0.320. The molecule has 2 N–H and O–H groups in total. The normalized spacial score (nSPS) is 11.1. The summed E-state index contributed by atoms with van der Waals surface area (Å²) in [5.41, 5.74) is 5.30. The van der Waals surface area contributed by atoms with E-state index < -0.39 is 5.97 Å². The zero-order chi connectivity index (χ0) is 21.7. The lowest BCUT2D eigenvalue weighted by atomic mass is 10.1. The van der Waals surface area contributed by atoms with Gasteiger partial charge in [0.15, 0.2) is 0 Å². The molecule has 0 amide bonds. The second-order valence-electron chi connectivity index (χ2n) is 7.82. The predicted molar refractivity (Wildman–Crippen MR) is 119 cm³/mol. The molecule has 0 aliphatic heterocycles. The standard InChI is InChI=1S/C25H30N2O3/c1-17(2)30-22-12-10-20(11-13-22)14-26-15-23-18(3)27(19(4)24(23)25(28)29)16-21-8-6-5-7-9-21/h5-13,17,26H,14-16H2,1-4H3,(H,28,29). The van der Waals surface area contributed by atoms with Crippen molar-refractivity contribution in [1.29, 1.82) is 0 Å². The van der Waals surface area contributed by atoms with Gasteiger partial charge < -0.3 is 19.7 Å². The Hall–Kier alpha value is -3.05. The number of nitrogens with zero attached hydrogens (tertiary/aromatic N) is 1. The maximum atomic E-state index is 12.0. The van der Waals surface area contributed by atoms with Crippen LogP contribution in [0, 0.1) is 13.8 Å². The van der Waals surface area contributed by atoms with Crippen molar-refractivity contribution in [2.24, 2.45) is 0 Å². The van der Waals surface area contributed by atoms with Crippen LogP contribution in [0.25, 0.3) is 0 Å². The molecule has 5 nitrogen and oxygen atoms in total. The molecular weight excluding hydrogens is 376 g/mol. The predicted octanol–water partition coefficient (Wildman–Crippen LogP) is 4.93. The van der Waals surface area contributed by atoms with E-state index in [2.05, 4.69) is 22.0 Å². The van der Waals surface area contributed by atoms with E-state index in [0.29, 0.717) is 25.2 Å². The first-order chi connectivity index (χ1) is 14.4. The van der Waals surface area contributed by atoms with E-state index in [1.165, 1.54) is 0 Å². The summed E-state index contributed by atoms with van der Waals surface area (Å²) in [6.45, 7) is 9.71. The van der Waals surface area contributed by atoms with Crippen LogP contribution < -0.4 is 10.1 Å². The Labute approximate surface area is 178 Å². The molecule has 30 heavy (non-hydrogen) atoms. The van der Waals surface area contributed by atoms with Gasteiger partial charge in [-0.25, -0.2) is 4.79 Å². The average molecular weight is 407 g/mol. The summed E-state index contributed by atoms with van der Waals surface area (Å²) < 4.78 is 7.77. The number of benzene rings is 2. The molecule has 158 valence electrons. The molecule has 5 heteroatoms. The minimum absolute atomic E-state index is 0.148. The van der Waals surface area contributed by atoms with Crippen molar-refractivity contribution in [1.82, 2.24) is 9.88 Å². The van der Waals surface area contributed by atoms with E-state index in [4.69, 9.17) is 4.74 Å². The highest BCUT2D eigenvalue weighted by Gasteiger charge is 2.22. The lowest BCUT2D eigenvalue weighted by Crippen LogP contribution is -2.15. The minimum Gasteiger partial charge on any atom is -0.491 e. The molecule has 0 radical (unpaired) electrons. The first-order valence-corrected chi connectivity index (χ1v) is 10.3. The molecule has 0 saturated heterocycles. The highest BCUT2D eigenvalue weighted by molar-refractivity contribution is 5.91. The third-order valence-corrected chi connectivity index (χ3v) is 5.23. The maximum Gasteiger partial charge on any atom is 0.337 e. The summed E-state index contributed by atoms with van der Waals surface area (Å²) in [5.74, 6) is -0.0271. The van der Waals surface area contributed by atoms with Crippen LogP contribution in [0.2, 0.25) is 0 Å². The summed E-state index contributed by atoms with van der Waals surface area (Å²) in [6.07, 6.45) is 0.148. The highest BCUT2D eigenvalue weighted by atomic mass is 16.5. The van der Waals surface area contributed by atoms with Crippen LogP contribution in [0.4, 0.5) is 0 Å². The zero-order valence-corrected chi connectivity index (χ0v) is 18.1. The van der Waals surface area contributed by atoms with Gasteiger partial charge >= 0.3 is 5.97 Å². The molecule has 0 atom stereocenters. The van der Waals surface area contributed by atoms with Crippen LogP contribution in [-0.4, -0.2) is 21.7 Å². The van der Waals surface area contributed by atoms with E-state index in [1.807, 2.05) is 70.2 Å². The second kappa shape index (κ2) is 9.63. The van der Waals surface area contributed by atoms with E-state index in [0.717, 1.165) is 33.8 Å². The van der Waals surface area contributed by atoms with Crippen molar-refractivity contribution in [2.45, 2.75) is 53.4 Å². The molecule has 3 rings (SSSR count). The summed E-state index contributed by atoms with van der Waals surface area (Å²) in [6, 6.07) is 18.1. The molecular formula is C25H30N2O3. The molecule has 0 spiro atoms. The topological polar surface area (TPSA) is 63.5 Å². The molecule has 0 unspecified atom stereocenters. The highest BCUT2D eigenvalue weighted by Crippen LogP contribution is 2.24. The lowest BCUT2D eigenvalue weighted by Gasteiger charge is -2.11. The molecule has 0 fully saturated rings. The monoisotopic (exact) mass is 406 g/mol. The number of hydrogen-bond acceptors (Lipinski definition) is 3. The maximum absolute atomic E-state index is 12.0. The van der Waals surface area contributed by atoms with Crippen LogP contribution in [-0.2, 0) is 19.6 Å². The summed E-state index contributed by atoms with van der Waals surface area (Å²) in [7, 11) is 0. The number of carboxylic acid groups (broad SMARTS) is 1. The number of carbonyl (C=O) groups is 1. The van der Waals surface area contributed by atoms with Crippen molar-refractivity contribution in [3.05, 3.63) is 88.2 Å². The summed E-state index contributed by atoms with van der Waals surface area (Å²) >= 11 is 0. The molecule has 0 aliphatic rings. The molecule has 0 bridgehead atoms. The minimum atomic E-state index is -0.880. The van der Waals surface area contributed by atoms with Crippen molar-refractivity contribution in [3.63, 3.8) is 0 Å². The van der Waals surface area contributed by atoms with Gasteiger partial charge in [-0.3, -0.25) is 0 Å². The number of nitrogens with one attached hydrogen (secondary N) is 1. The number of aromatic carboxylic acids is 1.